The van der Waals surface area contributed by atoms with Gasteiger partial charge in [-0.15, -0.1) is 0 Å². The van der Waals surface area contributed by atoms with Crippen molar-refractivity contribution in [1.29, 1.82) is 0 Å². The molecule has 0 amide bonds. The summed E-state index contributed by atoms with van der Waals surface area (Å²) in [6.45, 7) is 0.832. The molecule has 0 unspecified atom stereocenters. The van der Waals surface area contributed by atoms with E-state index in [9.17, 15) is 0 Å². The van der Waals surface area contributed by atoms with Crippen LogP contribution >= 0.6 is 23.2 Å². The first-order valence-electron chi connectivity index (χ1n) is 6.50. The minimum atomic E-state index is 0.291. The van der Waals surface area contributed by atoms with Crippen molar-refractivity contribution < 1.29 is 0 Å². The molecule has 1 aromatic carbocycles. The van der Waals surface area contributed by atoms with Gasteiger partial charge in [0.2, 0.25) is 0 Å². The summed E-state index contributed by atoms with van der Waals surface area (Å²) in [5.74, 6) is 0. The van der Waals surface area contributed by atoms with Gasteiger partial charge < -0.3 is 15.6 Å². The average Bonchev–Trinajstić information content (AvgIpc) is 2.87. The maximum absolute atomic E-state index is 6.13. The van der Waals surface area contributed by atoms with E-state index in [-0.39, 0.29) is 0 Å². The van der Waals surface area contributed by atoms with Crippen molar-refractivity contribution in [3.05, 3.63) is 52.4 Å². The lowest BCUT2D eigenvalue weighted by Crippen LogP contribution is -2.03. The van der Waals surface area contributed by atoms with Crippen LogP contribution in [0.15, 0.2) is 36.7 Å². The number of hydrogen-bond acceptors (Lipinski definition) is 3. The first-order chi connectivity index (χ1) is 10.2. The van der Waals surface area contributed by atoms with E-state index in [1.165, 1.54) is 10.9 Å². The molecule has 2 heterocycles. The smallest absolute Gasteiger partial charge is 0.149 e. The topological polar surface area (TPSA) is 52.7 Å². The van der Waals surface area contributed by atoms with Crippen LogP contribution in [-0.2, 0) is 6.54 Å². The zero-order valence-electron chi connectivity index (χ0n) is 11.4. The van der Waals surface area contributed by atoms with E-state index in [4.69, 9.17) is 23.2 Å². The molecule has 0 saturated heterocycles. The summed E-state index contributed by atoms with van der Waals surface area (Å²) < 4.78 is 0. The summed E-state index contributed by atoms with van der Waals surface area (Å²) in [6, 6.07) is 7.93. The molecule has 0 fully saturated rings. The second-order valence-corrected chi connectivity index (χ2v) is 5.43. The molecule has 6 heteroatoms. The summed E-state index contributed by atoms with van der Waals surface area (Å²) in [5, 5.41) is 8.32. The Morgan fingerprint density at radius 2 is 2.10 bits per heavy atom. The van der Waals surface area contributed by atoms with Crippen molar-refractivity contribution in [3.63, 3.8) is 0 Å². The number of rotatable bonds is 4. The molecule has 3 rings (SSSR count). The average molecular weight is 321 g/mol. The molecule has 3 aromatic rings. The molecule has 0 saturated carbocycles. The number of pyridine rings is 1. The Hall–Kier alpha value is -1.75. The first kappa shape index (κ1) is 14.2. The van der Waals surface area contributed by atoms with E-state index < -0.39 is 0 Å². The summed E-state index contributed by atoms with van der Waals surface area (Å²) in [6.07, 6.45) is 3.63. The minimum absolute atomic E-state index is 0.291. The van der Waals surface area contributed by atoms with Crippen LogP contribution < -0.4 is 10.6 Å². The summed E-state index contributed by atoms with van der Waals surface area (Å²) >= 11 is 12.1. The van der Waals surface area contributed by atoms with E-state index in [2.05, 4.69) is 26.7 Å². The van der Waals surface area contributed by atoms with Gasteiger partial charge in [-0.3, -0.25) is 0 Å². The van der Waals surface area contributed by atoms with Gasteiger partial charge in [-0.2, -0.15) is 0 Å². The van der Waals surface area contributed by atoms with Gasteiger partial charge in [0.05, 0.1) is 5.69 Å². The van der Waals surface area contributed by atoms with Crippen molar-refractivity contribution in [2.75, 3.05) is 12.4 Å². The highest BCUT2D eigenvalue weighted by Gasteiger charge is 2.07. The predicted octanol–water partition coefficient (Wildman–Crippen LogP) is 4.33. The molecule has 3 N–H and O–H groups in total. The Bertz CT molecular complexity index is 782. The van der Waals surface area contributed by atoms with Crippen LogP contribution in [0.5, 0.6) is 0 Å². The summed E-state index contributed by atoms with van der Waals surface area (Å²) in [4.78, 5) is 7.21. The number of aromatic amines is 1. The van der Waals surface area contributed by atoms with Crippen LogP contribution in [0.25, 0.3) is 10.9 Å². The number of nitrogens with one attached hydrogen (secondary N) is 3. The molecule has 0 radical (unpaired) electrons. The van der Waals surface area contributed by atoms with Gasteiger partial charge in [0.15, 0.2) is 0 Å². The molecular formula is C15H14Cl2N4. The van der Waals surface area contributed by atoms with Gasteiger partial charge >= 0.3 is 0 Å². The largest absolute Gasteiger partial charge is 0.361 e. The third kappa shape index (κ3) is 2.83. The normalized spacial score (nSPS) is 11.0. The van der Waals surface area contributed by atoms with Crippen molar-refractivity contribution in [2.24, 2.45) is 0 Å². The van der Waals surface area contributed by atoms with Crippen molar-refractivity contribution in [1.82, 2.24) is 15.3 Å². The van der Waals surface area contributed by atoms with Crippen molar-refractivity contribution in [3.8, 4) is 0 Å². The van der Waals surface area contributed by atoms with Crippen LogP contribution in [0.4, 0.5) is 11.4 Å². The SMILES string of the molecule is CNCc1c[nH]c2cc(Nc3ccnc(Cl)c3Cl)ccc12. The number of halogens is 2. The number of anilines is 2. The molecule has 2 aromatic heterocycles. The Kier molecular flexibility index (Phi) is 4.01. The Morgan fingerprint density at radius 1 is 1.24 bits per heavy atom. The van der Waals surface area contributed by atoms with E-state index in [1.54, 1.807) is 12.3 Å². The standard InChI is InChI=1S/C15H14Cl2N4/c1-18-7-9-8-20-13-6-10(2-3-11(9)13)21-12-4-5-19-15(17)14(12)16/h2-6,8,18,20H,7H2,1H3,(H,19,21). The number of H-pyrrole nitrogens is 1. The molecule has 108 valence electrons. The van der Waals surface area contributed by atoms with Gasteiger partial charge in [-0.05, 0) is 30.8 Å². The van der Waals surface area contributed by atoms with Gasteiger partial charge in [0, 0.05) is 35.5 Å². The fraction of sp³-hybridized carbons (Fsp3) is 0.133. The summed E-state index contributed by atoms with van der Waals surface area (Å²) in [5.41, 5.74) is 3.98. The highest BCUT2D eigenvalue weighted by Crippen LogP contribution is 2.31. The second-order valence-electron chi connectivity index (χ2n) is 4.69. The van der Waals surface area contributed by atoms with Gasteiger partial charge in [0.25, 0.3) is 0 Å². The second kappa shape index (κ2) is 5.93. The Morgan fingerprint density at radius 3 is 2.90 bits per heavy atom. The van der Waals surface area contributed by atoms with Crippen LogP contribution in [0.1, 0.15) is 5.56 Å². The van der Waals surface area contributed by atoms with Gasteiger partial charge in [-0.25, -0.2) is 4.98 Å². The molecule has 0 spiro atoms. The monoisotopic (exact) mass is 320 g/mol. The number of aromatic nitrogens is 2. The maximum atomic E-state index is 6.13. The number of benzene rings is 1. The molecule has 0 aliphatic carbocycles. The predicted molar refractivity (Wildman–Crippen MR) is 88.6 cm³/mol. The van der Waals surface area contributed by atoms with Crippen LogP contribution in [-0.4, -0.2) is 17.0 Å². The van der Waals surface area contributed by atoms with Crippen LogP contribution in [0.3, 0.4) is 0 Å². The van der Waals surface area contributed by atoms with E-state index in [0.717, 1.165) is 23.4 Å². The van der Waals surface area contributed by atoms with Gasteiger partial charge in [0.1, 0.15) is 10.2 Å². The number of fused-ring (bicyclic) bond motifs is 1. The zero-order valence-corrected chi connectivity index (χ0v) is 12.9. The highest BCUT2D eigenvalue weighted by atomic mass is 35.5. The molecule has 0 aliphatic heterocycles. The fourth-order valence-electron chi connectivity index (χ4n) is 2.27. The molecule has 0 bridgehead atoms. The number of hydrogen-bond donors (Lipinski definition) is 3. The van der Waals surface area contributed by atoms with Crippen LogP contribution in [0.2, 0.25) is 10.2 Å². The van der Waals surface area contributed by atoms with Crippen molar-refractivity contribution in [2.45, 2.75) is 6.54 Å². The first-order valence-corrected chi connectivity index (χ1v) is 7.26. The maximum Gasteiger partial charge on any atom is 0.149 e. The van der Waals surface area contributed by atoms with Gasteiger partial charge in [-0.1, -0.05) is 29.3 Å². The quantitative estimate of drug-likeness (QED) is 0.627. The zero-order chi connectivity index (χ0) is 14.8. The Balaban J connectivity index is 1.93. The third-order valence-electron chi connectivity index (χ3n) is 3.26. The highest BCUT2D eigenvalue weighted by molar-refractivity contribution is 6.43. The van der Waals surface area contributed by atoms with E-state index >= 15 is 0 Å². The third-order valence-corrected chi connectivity index (χ3v) is 4.03. The lowest BCUT2D eigenvalue weighted by molar-refractivity contribution is 0.823. The number of nitrogens with zero attached hydrogens (tertiary/aromatic N) is 1. The lowest BCUT2D eigenvalue weighted by atomic mass is 10.1. The van der Waals surface area contributed by atoms with E-state index in [0.29, 0.717) is 10.2 Å². The molecule has 0 aliphatic rings. The molecule has 4 nitrogen and oxygen atoms in total. The lowest BCUT2D eigenvalue weighted by Gasteiger charge is -2.09. The van der Waals surface area contributed by atoms with Crippen LogP contribution in [0, 0.1) is 0 Å². The molecule has 0 atom stereocenters. The molecular weight excluding hydrogens is 307 g/mol. The fourth-order valence-corrected chi connectivity index (χ4v) is 2.59. The summed E-state index contributed by atoms with van der Waals surface area (Å²) in [7, 11) is 1.93. The van der Waals surface area contributed by atoms with E-state index in [1.807, 2.05) is 25.4 Å². The Labute approximate surface area is 132 Å². The minimum Gasteiger partial charge on any atom is -0.361 e. The molecule has 21 heavy (non-hydrogen) atoms. The van der Waals surface area contributed by atoms with Crippen molar-refractivity contribution >= 4 is 45.5 Å².